The van der Waals surface area contributed by atoms with Crippen LogP contribution >= 0.6 is 0 Å². The van der Waals surface area contributed by atoms with Gasteiger partial charge in [0.05, 0.1) is 11.0 Å². The molecule has 6 nitrogen and oxygen atoms in total. The Balaban J connectivity index is 1.49. The van der Waals surface area contributed by atoms with E-state index < -0.39 is 0 Å². The van der Waals surface area contributed by atoms with E-state index >= 15 is 0 Å². The molecule has 1 fully saturated rings. The number of carbonyl (C=O) groups is 1. The number of hydrogen-bond donors (Lipinski definition) is 2. The number of aryl methyl sites for hydroxylation is 1. The van der Waals surface area contributed by atoms with E-state index in [1.54, 1.807) is 0 Å². The summed E-state index contributed by atoms with van der Waals surface area (Å²) in [5.74, 6) is 1.17. The zero-order valence-corrected chi connectivity index (χ0v) is 14.4. The predicted molar refractivity (Wildman–Crippen MR) is 93.4 cm³/mol. The number of H-pyrrole nitrogens is 1. The van der Waals surface area contributed by atoms with Gasteiger partial charge in [-0.1, -0.05) is 19.4 Å². The van der Waals surface area contributed by atoms with Crippen molar-refractivity contribution in [3.05, 3.63) is 29.6 Å². The van der Waals surface area contributed by atoms with Gasteiger partial charge < -0.3 is 20.4 Å². The van der Waals surface area contributed by atoms with Crippen molar-refractivity contribution in [3.63, 3.8) is 0 Å². The topological polar surface area (TPSA) is 84.2 Å². The number of nitrogens with two attached hydrogens (primary N) is 1. The number of fused-ring (bicyclic) bond motifs is 1. The van der Waals surface area contributed by atoms with E-state index in [0.717, 1.165) is 36.2 Å². The highest BCUT2D eigenvalue weighted by Crippen LogP contribution is 2.20. The summed E-state index contributed by atoms with van der Waals surface area (Å²) in [5, 5.41) is 0. The third-order valence-corrected chi connectivity index (χ3v) is 4.65. The number of likely N-dealkylation sites (tertiary alicyclic amines) is 1. The van der Waals surface area contributed by atoms with Gasteiger partial charge in [-0.15, -0.1) is 0 Å². The number of nitrogens with one attached hydrogen (secondary N) is 1. The van der Waals surface area contributed by atoms with Gasteiger partial charge in [-0.25, -0.2) is 4.98 Å². The molecule has 1 amide bonds. The molecular weight excluding hydrogens is 304 g/mol. The minimum Gasteiger partial charge on any atom is -0.364 e. The van der Waals surface area contributed by atoms with Gasteiger partial charge in [0, 0.05) is 19.1 Å². The number of benzene rings is 1. The van der Waals surface area contributed by atoms with Gasteiger partial charge in [0.25, 0.3) is 0 Å². The van der Waals surface area contributed by atoms with Crippen molar-refractivity contribution in [3.8, 4) is 0 Å². The standard InChI is InChI=1S/C18H26N4O2/c1-3-4-13-8-22(9-14(13)19)18(23)11-24-10-17-20-15-6-5-12(2)7-16(15)21-17/h5-7,13-14H,3-4,8-11,19H2,1-2H3,(H,20,21)/t13-,14-/m0/s1. The van der Waals surface area contributed by atoms with Gasteiger partial charge in [0.2, 0.25) is 5.91 Å². The summed E-state index contributed by atoms with van der Waals surface area (Å²) in [6.45, 7) is 5.95. The molecular formula is C18H26N4O2. The molecule has 0 unspecified atom stereocenters. The quantitative estimate of drug-likeness (QED) is 0.848. The average molecular weight is 330 g/mol. The summed E-state index contributed by atoms with van der Waals surface area (Å²) in [6.07, 6.45) is 2.17. The molecule has 3 N–H and O–H groups in total. The Morgan fingerprint density at radius 3 is 3.08 bits per heavy atom. The van der Waals surface area contributed by atoms with E-state index in [4.69, 9.17) is 10.5 Å². The van der Waals surface area contributed by atoms with Gasteiger partial charge in [0.1, 0.15) is 19.0 Å². The number of rotatable bonds is 6. The molecule has 0 bridgehead atoms. The summed E-state index contributed by atoms with van der Waals surface area (Å²) >= 11 is 0. The van der Waals surface area contributed by atoms with Crippen molar-refractivity contribution in [1.82, 2.24) is 14.9 Å². The highest BCUT2D eigenvalue weighted by molar-refractivity contribution is 5.78. The lowest BCUT2D eigenvalue weighted by molar-refractivity contribution is -0.135. The third-order valence-electron chi connectivity index (χ3n) is 4.65. The van der Waals surface area contributed by atoms with Crippen molar-refractivity contribution in [2.45, 2.75) is 39.3 Å². The van der Waals surface area contributed by atoms with Gasteiger partial charge in [-0.3, -0.25) is 4.79 Å². The molecule has 2 aromatic rings. The van der Waals surface area contributed by atoms with Crippen molar-refractivity contribution >= 4 is 16.9 Å². The molecule has 1 aliphatic rings. The second kappa shape index (κ2) is 7.32. The summed E-state index contributed by atoms with van der Waals surface area (Å²) in [7, 11) is 0. The fourth-order valence-corrected chi connectivity index (χ4v) is 3.35. The van der Waals surface area contributed by atoms with Crippen LogP contribution < -0.4 is 5.73 Å². The first-order valence-electron chi connectivity index (χ1n) is 8.63. The Bertz CT molecular complexity index is 712. The predicted octanol–water partition coefficient (Wildman–Crippen LogP) is 1.97. The van der Waals surface area contributed by atoms with E-state index in [-0.39, 0.29) is 18.6 Å². The maximum absolute atomic E-state index is 12.3. The molecule has 2 heterocycles. The molecule has 0 aliphatic carbocycles. The number of ether oxygens (including phenoxy) is 1. The first-order valence-corrected chi connectivity index (χ1v) is 8.63. The van der Waals surface area contributed by atoms with Crippen LogP contribution in [0, 0.1) is 12.8 Å². The average Bonchev–Trinajstić information content (AvgIpc) is 3.11. The first-order chi connectivity index (χ1) is 11.6. The zero-order chi connectivity index (χ0) is 17.1. The Labute approximate surface area is 142 Å². The first kappa shape index (κ1) is 16.9. The van der Waals surface area contributed by atoms with Crippen molar-refractivity contribution in [2.24, 2.45) is 11.7 Å². The zero-order valence-electron chi connectivity index (χ0n) is 14.4. The van der Waals surface area contributed by atoms with Gasteiger partial charge >= 0.3 is 0 Å². The summed E-state index contributed by atoms with van der Waals surface area (Å²) < 4.78 is 5.56. The van der Waals surface area contributed by atoms with Crippen LogP contribution in [0.2, 0.25) is 0 Å². The lowest BCUT2D eigenvalue weighted by Gasteiger charge is -2.16. The summed E-state index contributed by atoms with van der Waals surface area (Å²) in [4.78, 5) is 21.8. The van der Waals surface area contributed by atoms with Crippen LogP contribution in [0.1, 0.15) is 31.2 Å². The van der Waals surface area contributed by atoms with Crippen molar-refractivity contribution < 1.29 is 9.53 Å². The molecule has 0 saturated carbocycles. The van der Waals surface area contributed by atoms with Crippen LogP contribution in [-0.4, -0.2) is 46.5 Å². The lowest BCUT2D eigenvalue weighted by Crippen LogP contribution is -2.34. The maximum Gasteiger partial charge on any atom is 0.248 e. The number of carbonyl (C=O) groups excluding carboxylic acids is 1. The van der Waals surface area contributed by atoms with Crippen molar-refractivity contribution in [2.75, 3.05) is 19.7 Å². The van der Waals surface area contributed by atoms with E-state index in [2.05, 4.69) is 23.0 Å². The molecule has 1 saturated heterocycles. The molecule has 1 aromatic carbocycles. The fourth-order valence-electron chi connectivity index (χ4n) is 3.35. The number of aromatic nitrogens is 2. The Morgan fingerprint density at radius 2 is 2.29 bits per heavy atom. The van der Waals surface area contributed by atoms with Gasteiger partial charge in [0.15, 0.2) is 0 Å². The highest BCUT2D eigenvalue weighted by atomic mass is 16.5. The van der Waals surface area contributed by atoms with E-state index in [0.29, 0.717) is 19.1 Å². The second-order valence-corrected chi connectivity index (χ2v) is 6.71. The molecule has 2 atom stereocenters. The fraction of sp³-hybridized carbons (Fsp3) is 0.556. The minimum atomic E-state index is 0.0102. The van der Waals surface area contributed by atoms with Crippen molar-refractivity contribution in [1.29, 1.82) is 0 Å². The number of aromatic amines is 1. The lowest BCUT2D eigenvalue weighted by atomic mass is 9.99. The van der Waals surface area contributed by atoms with Crippen LogP contribution in [-0.2, 0) is 16.1 Å². The van der Waals surface area contributed by atoms with E-state index in [9.17, 15) is 4.79 Å². The van der Waals surface area contributed by atoms with Crippen LogP contribution in [0.15, 0.2) is 18.2 Å². The Kier molecular flexibility index (Phi) is 5.16. The van der Waals surface area contributed by atoms with Crippen LogP contribution in [0.3, 0.4) is 0 Å². The van der Waals surface area contributed by atoms with Gasteiger partial charge in [-0.05, 0) is 37.0 Å². The smallest absolute Gasteiger partial charge is 0.248 e. The molecule has 1 aromatic heterocycles. The number of hydrogen-bond acceptors (Lipinski definition) is 4. The molecule has 24 heavy (non-hydrogen) atoms. The van der Waals surface area contributed by atoms with Gasteiger partial charge in [-0.2, -0.15) is 0 Å². The summed E-state index contributed by atoms with van der Waals surface area (Å²) in [5.41, 5.74) is 9.21. The second-order valence-electron chi connectivity index (χ2n) is 6.71. The maximum atomic E-state index is 12.3. The summed E-state index contributed by atoms with van der Waals surface area (Å²) in [6, 6.07) is 6.15. The molecule has 1 aliphatic heterocycles. The number of imidazole rings is 1. The molecule has 6 heteroatoms. The minimum absolute atomic E-state index is 0.0102. The van der Waals surface area contributed by atoms with Crippen LogP contribution in [0.5, 0.6) is 0 Å². The molecule has 0 radical (unpaired) electrons. The van der Waals surface area contributed by atoms with Crippen LogP contribution in [0.25, 0.3) is 11.0 Å². The Hall–Kier alpha value is -1.92. The highest BCUT2D eigenvalue weighted by Gasteiger charge is 2.31. The van der Waals surface area contributed by atoms with E-state index in [1.807, 2.05) is 24.0 Å². The number of amides is 1. The third kappa shape index (κ3) is 3.76. The molecule has 130 valence electrons. The van der Waals surface area contributed by atoms with Crippen LogP contribution in [0.4, 0.5) is 0 Å². The molecule has 0 spiro atoms. The van der Waals surface area contributed by atoms with E-state index in [1.165, 1.54) is 5.56 Å². The normalized spacial score (nSPS) is 20.9. The molecule has 3 rings (SSSR count). The monoisotopic (exact) mass is 330 g/mol. The number of nitrogens with zero attached hydrogens (tertiary/aromatic N) is 2. The SMILES string of the molecule is CCC[C@H]1CN(C(=O)COCc2nc3ccc(C)cc3[nH]2)C[C@@H]1N. The Morgan fingerprint density at radius 1 is 1.46 bits per heavy atom. The largest absolute Gasteiger partial charge is 0.364 e.